The van der Waals surface area contributed by atoms with Crippen LogP contribution in [0.15, 0.2) is 24.3 Å². The first-order valence-electron chi connectivity index (χ1n) is 7.39. The Morgan fingerprint density at radius 2 is 1.67 bits per heavy atom. The van der Waals surface area contributed by atoms with Gasteiger partial charge in [-0.25, -0.2) is 0 Å². The molecule has 1 aromatic rings. The van der Waals surface area contributed by atoms with E-state index in [1.165, 1.54) is 57.2 Å². The molecule has 0 fully saturated rings. The van der Waals surface area contributed by atoms with Crippen LogP contribution in [-0.2, 0) is 13.0 Å². The second-order valence-electron chi connectivity index (χ2n) is 5.35. The van der Waals surface area contributed by atoms with Crippen molar-refractivity contribution in [3.05, 3.63) is 35.4 Å². The minimum Gasteiger partial charge on any atom is -0.330 e. The molecule has 0 radical (unpaired) electrons. The van der Waals surface area contributed by atoms with Gasteiger partial charge in [0.15, 0.2) is 0 Å². The Labute approximate surface area is 111 Å². The maximum absolute atomic E-state index is 5.50. The van der Waals surface area contributed by atoms with E-state index in [2.05, 4.69) is 29.2 Å². The van der Waals surface area contributed by atoms with E-state index < -0.39 is 0 Å². The molecule has 2 heteroatoms. The topological polar surface area (TPSA) is 29.3 Å². The van der Waals surface area contributed by atoms with Gasteiger partial charge in [-0.05, 0) is 43.5 Å². The predicted octanol–water partition coefficient (Wildman–Crippen LogP) is 2.95. The van der Waals surface area contributed by atoms with E-state index in [1.807, 2.05) is 0 Å². The Morgan fingerprint density at radius 1 is 0.944 bits per heavy atom. The van der Waals surface area contributed by atoms with Crippen LogP contribution in [0, 0.1) is 0 Å². The average molecular weight is 246 g/mol. The van der Waals surface area contributed by atoms with Gasteiger partial charge < -0.3 is 5.73 Å². The van der Waals surface area contributed by atoms with Crippen molar-refractivity contribution in [2.75, 3.05) is 19.6 Å². The zero-order valence-corrected chi connectivity index (χ0v) is 11.4. The van der Waals surface area contributed by atoms with Crippen molar-refractivity contribution in [1.82, 2.24) is 4.90 Å². The summed E-state index contributed by atoms with van der Waals surface area (Å²) in [5, 5.41) is 0. The van der Waals surface area contributed by atoms with Crippen LogP contribution in [0.3, 0.4) is 0 Å². The van der Waals surface area contributed by atoms with Crippen LogP contribution in [0.5, 0.6) is 0 Å². The van der Waals surface area contributed by atoms with Crippen molar-refractivity contribution < 1.29 is 0 Å². The van der Waals surface area contributed by atoms with E-state index in [4.69, 9.17) is 5.73 Å². The summed E-state index contributed by atoms with van der Waals surface area (Å²) in [6.45, 7) is 4.50. The monoisotopic (exact) mass is 246 g/mol. The van der Waals surface area contributed by atoms with E-state index >= 15 is 0 Å². The molecule has 1 heterocycles. The molecule has 2 nitrogen and oxygen atoms in total. The molecule has 0 saturated heterocycles. The highest BCUT2D eigenvalue weighted by Gasteiger charge is 2.14. The SMILES string of the molecule is NCCCCCCCN1CCc2ccccc2C1. The molecule has 1 aliphatic rings. The van der Waals surface area contributed by atoms with Crippen LogP contribution in [0.1, 0.15) is 43.2 Å². The molecule has 0 unspecified atom stereocenters. The minimum absolute atomic E-state index is 0.850. The van der Waals surface area contributed by atoms with Crippen LogP contribution in [0.25, 0.3) is 0 Å². The molecule has 0 aromatic heterocycles. The van der Waals surface area contributed by atoms with E-state index in [9.17, 15) is 0 Å². The highest BCUT2D eigenvalue weighted by atomic mass is 15.1. The van der Waals surface area contributed by atoms with E-state index in [0.29, 0.717) is 0 Å². The fraction of sp³-hybridized carbons (Fsp3) is 0.625. The fourth-order valence-corrected chi connectivity index (χ4v) is 2.76. The van der Waals surface area contributed by atoms with Crippen molar-refractivity contribution in [1.29, 1.82) is 0 Å². The van der Waals surface area contributed by atoms with Crippen LogP contribution in [0.2, 0.25) is 0 Å². The van der Waals surface area contributed by atoms with Gasteiger partial charge >= 0.3 is 0 Å². The van der Waals surface area contributed by atoms with Gasteiger partial charge in [-0.1, -0.05) is 43.5 Å². The molecule has 1 aromatic carbocycles. The Bertz CT molecular complexity index is 349. The first-order chi connectivity index (χ1) is 8.90. The highest BCUT2D eigenvalue weighted by Crippen LogP contribution is 2.18. The Hall–Kier alpha value is -0.860. The molecule has 0 saturated carbocycles. The van der Waals surface area contributed by atoms with Crippen molar-refractivity contribution in [2.45, 2.75) is 45.1 Å². The second-order valence-corrected chi connectivity index (χ2v) is 5.35. The van der Waals surface area contributed by atoms with E-state index in [-0.39, 0.29) is 0 Å². The Morgan fingerprint density at radius 3 is 2.50 bits per heavy atom. The molecule has 1 aliphatic heterocycles. The van der Waals surface area contributed by atoms with Gasteiger partial charge in [0, 0.05) is 13.1 Å². The van der Waals surface area contributed by atoms with Crippen LogP contribution >= 0.6 is 0 Å². The van der Waals surface area contributed by atoms with Crippen molar-refractivity contribution in [3.63, 3.8) is 0 Å². The van der Waals surface area contributed by atoms with Gasteiger partial charge in [0.1, 0.15) is 0 Å². The molecule has 18 heavy (non-hydrogen) atoms. The Balaban J connectivity index is 1.64. The highest BCUT2D eigenvalue weighted by molar-refractivity contribution is 5.28. The van der Waals surface area contributed by atoms with Gasteiger partial charge in [0.2, 0.25) is 0 Å². The average Bonchev–Trinajstić information content (AvgIpc) is 2.42. The molecule has 0 spiro atoms. The number of hydrogen-bond donors (Lipinski definition) is 1. The second kappa shape index (κ2) is 7.55. The summed E-state index contributed by atoms with van der Waals surface area (Å²) in [4.78, 5) is 2.60. The smallest absolute Gasteiger partial charge is 0.0236 e. The number of rotatable bonds is 7. The van der Waals surface area contributed by atoms with Crippen molar-refractivity contribution in [2.24, 2.45) is 5.73 Å². The predicted molar refractivity (Wildman–Crippen MR) is 77.6 cm³/mol. The number of fused-ring (bicyclic) bond motifs is 1. The molecule has 0 aliphatic carbocycles. The van der Waals surface area contributed by atoms with Gasteiger partial charge in [-0.3, -0.25) is 4.90 Å². The van der Waals surface area contributed by atoms with Gasteiger partial charge in [-0.2, -0.15) is 0 Å². The lowest BCUT2D eigenvalue weighted by Gasteiger charge is -2.28. The van der Waals surface area contributed by atoms with E-state index in [0.717, 1.165) is 13.1 Å². The lowest BCUT2D eigenvalue weighted by molar-refractivity contribution is 0.248. The summed E-state index contributed by atoms with van der Waals surface area (Å²) in [5.74, 6) is 0. The first kappa shape index (κ1) is 13.6. The zero-order valence-electron chi connectivity index (χ0n) is 11.4. The molecule has 2 rings (SSSR count). The summed E-state index contributed by atoms with van der Waals surface area (Å²) >= 11 is 0. The minimum atomic E-state index is 0.850. The number of nitrogens with zero attached hydrogens (tertiary/aromatic N) is 1. The molecule has 100 valence electrons. The molecular weight excluding hydrogens is 220 g/mol. The maximum Gasteiger partial charge on any atom is 0.0236 e. The molecular formula is C16H26N2. The number of nitrogens with two attached hydrogens (primary N) is 1. The van der Waals surface area contributed by atoms with Crippen LogP contribution in [-0.4, -0.2) is 24.5 Å². The largest absolute Gasteiger partial charge is 0.330 e. The summed E-state index contributed by atoms with van der Waals surface area (Å²) in [6, 6.07) is 8.88. The number of hydrogen-bond acceptors (Lipinski definition) is 2. The van der Waals surface area contributed by atoms with Crippen LogP contribution in [0.4, 0.5) is 0 Å². The van der Waals surface area contributed by atoms with Crippen molar-refractivity contribution in [3.8, 4) is 0 Å². The third kappa shape index (κ3) is 4.11. The lowest BCUT2D eigenvalue weighted by Crippen LogP contribution is -2.31. The summed E-state index contributed by atoms with van der Waals surface area (Å²) < 4.78 is 0. The maximum atomic E-state index is 5.50. The molecule has 0 bridgehead atoms. The van der Waals surface area contributed by atoms with Gasteiger partial charge in [0.05, 0.1) is 0 Å². The van der Waals surface area contributed by atoms with E-state index in [1.54, 1.807) is 5.56 Å². The Kier molecular flexibility index (Phi) is 5.69. The first-order valence-corrected chi connectivity index (χ1v) is 7.39. The van der Waals surface area contributed by atoms with Gasteiger partial charge in [0.25, 0.3) is 0 Å². The van der Waals surface area contributed by atoms with Gasteiger partial charge in [-0.15, -0.1) is 0 Å². The normalized spacial score (nSPS) is 15.6. The van der Waals surface area contributed by atoms with Crippen LogP contribution < -0.4 is 5.73 Å². The lowest BCUT2D eigenvalue weighted by atomic mass is 9.99. The standard InChI is InChI=1S/C16H26N2/c17-11-6-2-1-3-7-12-18-13-10-15-8-4-5-9-16(15)14-18/h4-5,8-9H,1-3,6-7,10-14,17H2. The number of unbranched alkanes of at least 4 members (excludes halogenated alkanes) is 4. The zero-order chi connectivity index (χ0) is 12.6. The quantitative estimate of drug-likeness (QED) is 0.750. The van der Waals surface area contributed by atoms with Crippen molar-refractivity contribution >= 4 is 0 Å². The fourth-order valence-electron chi connectivity index (χ4n) is 2.76. The molecule has 0 amide bonds. The third-order valence-electron chi connectivity index (χ3n) is 3.89. The summed E-state index contributed by atoms with van der Waals surface area (Å²) in [5.41, 5.74) is 8.58. The third-order valence-corrected chi connectivity index (χ3v) is 3.89. The summed E-state index contributed by atoms with van der Waals surface area (Å²) in [6.07, 6.45) is 7.77. The molecule has 0 atom stereocenters. The molecule has 2 N–H and O–H groups in total. The summed E-state index contributed by atoms with van der Waals surface area (Å²) in [7, 11) is 0. The number of benzene rings is 1.